The van der Waals surface area contributed by atoms with Crippen molar-refractivity contribution in [3.8, 4) is 0 Å². The molecule has 0 aromatic carbocycles. The monoisotopic (exact) mass is 263 g/mol. The topological polar surface area (TPSA) is 93.7 Å². The van der Waals surface area contributed by atoms with E-state index in [-0.39, 0.29) is 5.44 Å². The Morgan fingerprint density at radius 3 is 3.06 bits per heavy atom. The van der Waals surface area contributed by atoms with Crippen LogP contribution in [0.2, 0.25) is 0 Å². The molecule has 1 unspecified atom stereocenters. The minimum atomic E-state index is -3.80. The molecule has 0 aliphatic carbocycles. The molecular formula is C7H12N4O3PS+. The highest BCUT2D eigenvalue weighted by Crippen LogP contribution is 2.40. The standard InChI is InChI=1S/C7H11N4O3PS/c1-3-5-9-11-6(15(12,13)14-2)4-16-7(11)10(5)8/h4H,3,8H2,1-2H3/p+1. The number of nitrogens with zero attached hydrogens (tertiary/aromatic N) is 3. The largest absolute Gasteiger partial charge is 0.394 e. The molecule has 9 heteroatoms. The highest BCUT2D eigenvalue weighted by molar-refractivity contribution is 7.61. The maximum absolute atomic E-state index is 11.7. The van der Waals surface area contributed by atoms with Gasteiger partial charge in [0.2, 0.25) is 5.44 Å². The van der Waals surface area contributed by atoms with Crippen LogP contribution in [0, 0.1) is 0 Å². The van der Waals surface area contributed by atoms with Crippen LogP contribution in [0.1, 0.15) is 12.7 Å². The van der Waals surface area contributed by atoms with E-state index < -0.39 is 7.60 Å². The third kappa shape index (κ3) is 1.54. The van der Waals surface area contributed by atoms with Crippen LogP contribution >= 0.6 is 18.9 Å². The zero-order valence-electron chi connectivity index (χ0n) is 8.82. The zero-order valence-corrected chi connectivity index (χ0v) is 10.5. The summed E-state index contributed by atoms with van der Waals surface area (Å²) in [5.41, 5.74) is 0.133. The molecule has 16 heavy (non-hydrogen) atoms. The van der Waals surface area contributed by atoms with Crippen LogP contribution in [-0.2, 0) is 15.5 Å². The van der Waals surface area contributed by atoms with E-state index in [1.54, 1.807) is 0 Å². The number of hydrogen-bond donors (Lipinski definition) is 2. The predicted molar refractivity (Wildman–Crippen MR) is 59.3 cm³/mol. The fourth-order valence-corrected chi connectivity index (χ4v) is 3.44. The van der Waals surface area contributed by atoms with Gasteiger partial charge in [-0.3, -0.25) is 10.4 Å². The number of hydrogen-bond acceptors (Lipinski definition) is 5. The van der Waals surface area contributed by atoms with E-state index >= 15 is 0 Å². The first-order valence-corrected chi connectivity index (χ1v) is 7.02. The Balaban J connectivity index is 2.70. The van der Waals surface area contributed by atoms with Gasteiger partial charge in [-0.1, -0.05) is 22.8 Å². The molecule has 2 aromatic heterocycles. The summed E-state index contributed by atoms with van der Waals surface area (Å²) in [5.74, 6) is 6.42. The summed E-state index contributed by atoms with van der Waals surface area (Å²) in [6.07, 6.45) is 0.646. The van der Waals surface area contributed by atoms with Gasteiger partial charge in [-0.2, -0.15) is 0 Å². The van der Waals surface area contributed by atoms with Crippen LogP contribution in [0.15, 0.2) is 5.38 Å². The van der Waals surface area contributed by atoms with Crippen molar-refractivity contribution in [3.63, 3.8) is 0 Å². The summed E-state index contributed by atoms with van der Waals surface area (Å²) >= 11 is 1.25. The van der Waals surface area contributed by atoms with Crippen molar-refractivity contribution < 1.29 is 18.7 Å². The van der Waals surface area contributed by atoms with E-state index in [1.165, 1.54) is 33.0 Å². The first kappa shape index (κ1) is 11.5. The maximum Gasteiger partial charge on any atom is 0.394 e. The molecule has 0 amide bonds. The summed E-state index contributed by atoms with van der Waals surface area (Å²) in [6.45, 7) is 1.91. The molecule has 2 aromatic rings. The lowest BCUT2D eigenvalue weighted by Crippen LogP contribution is -2.46. The van der Waals surface area contributed by atoms with Gasteiger partial charge in [0, 0.05) is 24.0 Å². The third-order valence-corrected chi connectivity index (χ3v) is 4.71. The molecule has 0 aliphatic heterocycles. The van der Waals surface area contributed by atoms with Crippen molar-refractivity contribution in [1.82, 2.24) is 9.61 Å². The van der Waals surface area contributed by atoms with Crippen LogP contribution in [0.4, 0.5) is 0 Å². The van der Waals surface area contributed by atoms with E-state index in [2.05, 4.69) is 9.62 Å². The number of aromatic nitrogens is 3. The second-order valence-electron chi connectivity index (χ2n) is 3.13. The summed E-state index contributed by atoms with van der Waals surface area (Å²) in [4.78, 5) is 10.2. The minimum absolute atomic E-state index is 0.133. The first-order chi connectivity index (χ1) is 7.51. The summed E-state index contributed by atoms with van der Waals surface area (Å²) < 4.78 is 19.0. The molecule has 7 nitrogen and oxygen atoms in total. The SMILES string of the molecule is CCc1nn2c(P(=O)(O)OC)csc2[n+]1N. The Labute approximate surface area is 95.6 Å². The fourth-order valence-electron chi connectivity index (χ4n) is 1.35. The first-order valence-electron chi connectivity index (χ1n) is 4.56. The van der Waals surface area contributed by atoms with Crippen LogP contribution in [-0.4, -0.2) is 21.6 Å². The molecule has 0 fully saturated rings. The van der Waals surface area contributed by atoms with Crippen LogP contribution in [0.3, 0.4) is 0 Å². The molecule has 2 heterocycles. The summed E-state index contributed by atoms with van der Waals surface area (Å²) in [7, 11) is -2.61. The van der Waals surface area contributed by atoms with E-state index in [0.29, 0.717) is 17.2 Å². The van der Waals surface area contributed by atoms with E-state index in [9.17, 15) is 9.46 Å². The number of aryl methyl sites for hydroxylation is 1. The Bertz CT molecular complexity index is 577. The summed E-state index contributed by atoms with van der Waals surface area (Å²) in [5, 5.41) is 5.68. The lowest BCUT2D eigenvalue weighted by Gasteiger charge is -2.01. The highest BCUT2D eigenvalue weighted by Gasteiger charge is 2.33. The fraction of sp³-hybridized carbons (Fsp3) is 0.429. The van der Waals surface area contributed by atoms with Gasteiger partial charge in [-0.15, -0.1) is 4.68 Å². The maximum atomic E-state index is 11.7. The van der Waals surface area contributed by atoms with Crippen molar-refractivity contribution in [1.29, 1.82) is 0 Å². The normalized spacial score (nSPS) is 15.4. The highest BCUT2D eigenvalue weighted by atomic mass is 32.1. The van der Waals surface area contributed by atoms with Crippen molar-refractivity contribution >= 4 is 29.3 Å². The number of thiazole rings is 1. The Kier molecular flexibility index (Phi) is 2.75. The minimum Gasteiger partial charge on any atom is -0.319 e. The van der Waals surface area contributed by atoms with Crippen LogP contribution in [0.25, 0.3) is 4.96 Å². The number of rotatable bonds is 3. The van der Waals surface area contributed by atoms with Crippen molar-refractivity contribution in [2.24, 2.45) is 0 Å². The molecule has 88 valence electrons. The molecule has 0 radical (unpaired) electrons. The molecule has 0 bridgehead atoms. The van der Waals surface area contributed by atoms with Gasteiger partial charge in [0.05, 0.1) is 0 Å². The average molecular weight is 263 g/mol. The van der Waals surface area contributed by atoms with Crippen molar-refractivity contribution in [3.05, 3.63) is 11.2 Å². The molecular weight excluding hydrogens is 251 g/mol. The summed E-state index contributed by atoms with van der Waals surface area (Å²) in [6, 6.07) is 0. The molecule has 2 rings (SSSR count). The molecule has 3 N–H and O–H groups in total. The van der Waals surface area contributed by atoms with E-state index in [0.717, 1.165) is 0 Å². The second kappa shape index (κ2) is 3.81. The molecule has 0 aliphatic rings. The van der Waals surface area contributed by atoms with Gasteiger partial charge in [0.1, 0.15) is 0 Å². The predicted octanol–water partition coefficient (Wildman–Crippen LogP) is -0.583. The number of nitrogens with two attached hydrogens (primary N) is 1. The number of nitrogen functional groups attached to an aromatic ring is 1. The molecule has 1 atom stereocenters. The quantitative estimate of drug-likeness (QED) is 0.439. The van der Waals surface area contributed by atoms with Gasteiger partial charge in [0.25, 0.3) is 5.82 Å². The van der Waals surface area contributed by atoms with Crippen molar-refractivity contribution in [2.45, 2.75) is 13.3 Å². The molecule has 0 saturated carbocycles. The Hall–Kier alpha value is -0.950. The third-order valence-electron chi connectivity index (χ3n) is 2.22. The zero-order chi connectivity index (χ0) is 11.9. The van der Waals surface area contributed by atoms with Gasteiger partial charge in [-0.05, 0) is 0 Å². The van der Waals surface area contributed by atoms with Crippen molar-refractivity contribution in [2.75, 3.05) is 13.0 Å². The van der Waals surface area contributed by atoms with Gasteiger partial charge < -0.3 is 9.42 Å². The molecule has 0 spiro atoms. The Morgan fingerprint density at radius 2 is 2.50 bits per heavy atom. The lowest BCUT2D eigenvalue weighted by atomic mass is 10.5. The smallest absolute Gasteiger partial charge is 0.319 e. The second-order valence-corrected chi connectivity index (χ2v) is 5.83. The van der Waals surface area contributed by atoms with Gasteiger partial charge in [-0.25, -0.2) is 0 Å². The van der Waals surface area contributed by atoms with Crippen LogP contribution in [0.5, 0.6) is 0 Å². The van der Waals surface area contributed by atoms with E-state index in [4.69, 9.17) is 5.84 Å². The Morgan fingerprint density at radius 1 is 1.81 bits per heavy atom. The van der Waals surface area contributed by atoms with Gasteiger partial charge in [0.15, 0.2) is 0 Å². The van der Waals surface area contributed by atoms with Crippen LogP contribution < -0.4 is 16.0 Å². The van der Waals surface area contributed by atoms with E-state index in [1.807, 2.05) is 6.92 Å². The van der Waals surface area contributed by atoms with Gasteiger partial charge >= 0.3 is 12.6 Å². The lowest BCUT2D eigenvalue weighted by molar-refractivity contribution is -0.618. The number of fused-ring (bicyclic) bond motifs is 1. The molecule has 0 saturated heterocycles. The average Bonchev–Trinajstić information content (AvgIpc) is 2.79.